The third kappa shape index (κ3) is 2.99. The fraction of sp³-hybridized carbons (Fsp3) is 0.571. The van der Waals surface area contributed by atoms with E-state index in [1.807, 2.05) is 19.9 Å². The van der Waals surface area contributed by atoms with Crippen LogP contribution in [0.4, 0.5) is 5.69 Å². The minimum atomic E-state index is 0.669. The van der Waals surface area contributed by atoms with Gasteiger partial charge in [0.15, 0.2) is 0 Å². The maximum Gasteiger partial charge on any atom is 0.103 e. The summed E-state index contributed by atoms with van der Waals surface area (Å²) in [4.78, 5) is 6.78. The van der Waals surface area contributed by atoms with Crippen LogP contribution in [0.5, 0.6) is 0 Å². The molecule has 1 saturated heterocycles. The average molecular weight is 244 g/mol. The molecule has 1 fully saturated rings. The van der Waals surface area contributed by atoms with E-state index in [4.69, 9.17) is 5.26 Å². The van der Waals surface area contributed by atoms with E-state index >= 15 is 0 Å². The summed E-state index contributed by atoms with van der Waals surface area (Å²) in [7, 11) is 0. The van der Waals surface area contributed by atoms with Crippen molar-refractivity contribution in [1.82, 2.24) is 9.88 Å². The van der Waals surface area contributed by atoms with Crippen molar-refractivity contribution in [2.75, 3.05) is 31.5 Å². The molecule has 1 aromatic rings. The van der Waals surface area contributed by atoms with Crippen molar-refractivity contribution in [1.29, 1.82) is 5.26 Å². The summed E-state index contributed by atoms with van der Waals surface area (Å²) in [5, 5.41) is 12.5. The highest BCUT2D eigenvalue weighted by Crippen LogP contribution is 2.18. The number of nitrogens with one attached hydrogen (secondary N) is 1. The zero-order chi connectivity index (χ0) is 13.0. The van der Waals surface area contributed by atoms with Crippen molar-refractivity contribution in [3.8, 4) is 6.07 Å². The molecule has 0 bridgehead atoms. The summed E-state index contributed by atoms with van der Waals surface area (Å²) in [5.74, 6) is 0. The number of likely N-dealkylation sites (tertiary alicyclic amines) is 1. The number of pyridine rings is 1. The van der Waals surface area contributed by atoms with Gasteiger partial charge in [-0.3, -0.25) is 4.98 Å². The molecule has 0 unspecified atom stereocenters. The van der Waals surface area contributed by atoms with Gasteiger partial charge < -0.3 is 10.2 Å². The topological polar surface area (TPSA) is 52.0 Å². The Morgan fingerprint density at radius 2 is 2.11 bits per heavy atom. The molecule has 0 radical (unpaired) electrons. The Bertz CT molecular complexity index is 456. The van der Waals surface area contributed by atoms with Gasteiger partial charge in [-0.25, -0.2) is 0 Å². The number of aryl methyl sites for hydroxylation is 2. The van der Waals surface area contributed by atoms with Crippen molar-refractivity contribution < 1.29 is 0 Å². The number of anilines is 1. The molecular formula is C14H20N4. The number of aromatic nitrogens is 1. The monoisotopic (exact) mass is 244 g/mol. The molecule has 2 heterocycles. The summed E-state index contributed by atoms with van der Waals surface area (Å²) in [6, 6.07) is 4.18. The Balaban J connectivity index is 1.97. The zero-order valence-electron chi connectivity index (χ0n) is 11.2. The summed E-state index contributed by atoms with van der Waals surface area (Å²) >= 11 is 0. The van der Waals surface area contributed by atoms with E-state index in [1.54, 1.807) is 0 Å². The fourth-order valence-electron chi connectivity index (χ4n) is 2.46. The van der Waals surface area contributed by atoms with E-state index < -0.39 is 0 Å². The quantitative estimate of drug-likeness (QED) is 0.881. The summed E-state index contributed by atoms with van der Waals surface area (Å²) in [6.07, 6.45) is 2.63. The van der Waals surface area contributed by atoms with Crippen LogP contribution in [0.25, 0.3) is 0 Å². The summed E-state index contributed by atoms with van der Waals surface area (Å²) < 4.78 is 0. The third-order valence-electron chi connectivity index (χ3n) is 3.38. The van der Waals surface area contributed by atoms with Gasteiger partial charge in [0.25, 0.3) is 0 Å². The maximum absolute atomic E-state index is 9.16. The minimum absolute atomic E-state index is 0.669. The molecule has 1 aliphatic heterocycles. The van der Waals surface area contributed by atoms with Crippen LogP contribution in [-0.4, -0.2) is 36.1 Å². The highest BCUT2D eigenvalue weighted by atomic mass is 15.1. The fourth-order valence-corrected chi connectivity index (χ4v) is 2.46. The Kier molecular flexibility index (Phi) is 4.16. The van der Waals surface area contributed by atoms with Crippen LogP contribution in [0, 0.1) is 25.2 Å². The van der Waals surface area contributed by atoms with Gasteiger partial charge in [-0.2, -0.15) is 5.26 Å². The van der Waals surface area contributed by atoms with Gasteiger partial charge in [0.05, 0.1) is 16.9 Å². The predicted octanol–water partition coefficient (Wildman–Crippen LogP) is 2.08. The van der Waals surface area contributed by atoms with E-state index in [-0.39, 0.29) is 0 Å². The van der Waals surface area contributed by atoms with E-state index in [1.165, 1.54) is 25.9 Å². The Hall–Kier alpha value is -1.60. The molecule has 0 spiro atoms. The van der Waals surface area contributed by atoms with Crippen LogP contribution >= 0.6 is 0 Å². The normalized spacial score (nSPS) is 15.6. The highest BCUT2D eigenvalue weighted by molar-refractivity contribution is 5.59. The lowest BCUT2D eigenvalue weighted by atomic mass is 10.1. The smallest absolute Gasteiger partial charge is 0.103 e. The molecule has 96 valence electrons. The van der Waals surface area contributed by atoms with Crippen molar-refractivity contribution >= 4 is 5.69 Å². The van der Waals surface area contributed by atoms with E-state index in [0.29, 0.717) is 5.56 Å². The Labute approximate surface area is 109 Å². The third-order valence-corrected chi connectivity index (χ3v) is 3.38. The Morgan fingerprint density at radius 3 is 2.78 bits per heavy atom. The SMILES string of the molecule is Cc1cc(NCCN2CCCC2)c(C#N)c(C)n1. The Morgan fingerprint density at radius 1 is 1.39 bits per heavy atom. The largest absolute Gasteiger partial charge is 0.383 e. The molecule has 2 rings (SSSR count). The second kappa shape index (κ2) is 5.83. The molecule has 1 aliphatic rings. The van der Waals surface area contributed by atoms with Gasteiger partial charge >= 0.3 is 0 Å². The first kappa shape index (κ1) is 12.8. The van der Waals surface area contributed by atoms with Crippen LogP contribution in [0.2, 0.25) is 0 Å². The first-order chi connectivity index (χ1) is 8.70. The number of nitriles is 1. The number of hydrogen-bond donors (Lipinski definition) is 1. The summed E-state index contributed by atoms with van der Waals surface area (Å²) in [5.41, 5.74) is 3.35. The molecule has 1 aromatic heterocycles. The molecule has 0 aromatic carbocycles. The summed E-state index contributed by atoms with van der Waals surface area (Å²) in [6.45, 7) is 8.20. The lowest BCUT2D eigenvalue weighted by molar-refractivity contribution is 0.352. The average Bonchev–Trinajstić information content (AvgIpc) is 2.81. The molecule has 0 aliphatic carbocycles. The van der Waals surface area contributed by atoms with Crippen LogP contribution in [-0.2, 0) is 0 Å². The van der Waals surface area contributed by atoms with Crippen molar-refractivity contribution in [2.45, 2.75) is 26.7 Å². The molecule has 18 heavy (non-hydrogen) atoms. The molecule has 4 heteroatoms. The predicted molar refractivity (Wildman–Crippen MR) is 72.6 cm³/mol. The number of hydrogen-bond acceptors (Lipinski definition) is 4. The molecule has 0 amide bonds. The van der Waals surface area contributed by atoms with Crippen LogP contribution in [0.3, 0.4) is 0 Å². The standard InChI is InChI=1S/C14H20N4/c1-11-9-14(13(10-15)12(2)17-11)16-5-8-18-6-3-4-7-18/h9H,3-8H2,1-2H3,(H,16,17). The minimum Gasteiger partial charge on any atom is -0.383 e. The number of rotatable bonds is 4. The van der Waals surface area contributed by atoms with Crippen LogP contribution in [0.1, 0.15) is 29.8 Å². The van der Waals surface area contributed by atoms with Crippen LogP contribution < -0.4 is 5.32 Å². The van der Waals surface area contributed by atoms with Gasteiger partial charge in [0.2, 0.25) is 0 Å². The van der Waals surface area contributed by atoms with E-state index in [0.717, 1.165) is 30.2 Å². The second-order valence-corrected chi connectivity index (χ2v) is 4.86. The number of nitrogens with zero attached hydrogens (tertiary/aromatic N) is 3. The molecule has 0 saturated carbocycles. The van der Waals surface area contributed by atoms with Crippen molar-refractivity contribution in [3.05, 3.63) is 23.0 Å². The lowest BCUT2D eigenvalue weighted by Crippen LogP contribution is -2.26. The first-order valence-corrected chi connectivity index (χ1v) is 6.55. The second-order valence-electron chi connectivity index (χ2n) is 4.86. The van der Waals surface area contributed by atoms with Crippen LogP contribution in [0.15, 0.2) is 6.07 Å². The lowest BCUT2D eigenvalue weighted by Gasteiger charge is -2.16. The van der Waals surface area contributed by atoms with Gasteiger partial charge in [0.1, 0.15) is 6.07 Å². The maximum atomic E-state index is 9.16. The van der Waals surface area contributed by atoms with E-state index in [2.05, 4.69) is 21.3 Å². The van der Waals surface area contributed by atoms with Gasteiger partial charge in [-0.05, 0) is 45.8 Å². The van der Waals surface area contributed by atoms with Gasteiger partial charge in [-0.1, -0.05) is 0 Å². The first-order valence-electron chi connectivity index (χ1n) is 6.55. The molecular weight excluding hydrogens is 224 g/mol. The molecule has 4 nitrogen and oxygen atoms in total. The zero-order valence-corrected chi connectivity index (χ0v) is 11.2. The van der Waals surface area contributed by atoms with Gasteiger partial charge in [0, 0.05) is 18.8 Å². The van der Waals surface area contributed by atoms with Crippen molar-refractivity contribution in [2.24, 2.45) is 0 Å². The van der Waals surface area contributed by atoms with Gasteiger partial charge in [-0.15, -0.1) is 0 Å². The van der Waals surface area contributed by atoms with Crippen molar-refractivity contribution in [3.63, 3.8) is 0 Å². The molecule has 1 N–H and O–H groups in total. The molecule has 0 atom stereocenters. The van der Waals surface area contributed by atoms with E-state index in [9.17, 15) is 0 Å². The highest BCUT2D eigenvalue weighted by Gasteiger charge is 2.11.